The number of carboxylic acids is 1. The number of carboxylic acid groups (broad SMARTS) is 1. The Morgan fingerprint density at radius 2 is 2.43 bits per heavy atom. The molecule has 0 saturated heterocycles. The number of fused-ring (bicyclic) bond motifs is 1. The van der Waals surface area contributed by atoms with Gasteiger partial charge in [0, 0.05) is 6.42 Å². The highest BCUT2D eigenvalue weighted by molar-refractivity contribution is 5.72. The van der Waals surface area contributed by atoms with Gasteiger partial charge in [-0.3, -0.25) is 9.36 Å². The number of nitrogens with zero attached hydrogens (tertiary/aromatic N) is 2. The SMILES string of the molecule is Nc1cnc2n(c1=O)C(C(=O)O)CC2. The smallest absolute Gasteiger partial charge is 0.326 e. The number of aliphatic carboxylic acids is 1. The van der Waals surface area contributed by atoms with Crippen LogP contribution in [0.25, 0.3) is 0 Å². The Bertz CT molecular complexity index is 452. The largest absolute Gasteiger partial charge is 0.480 e. The number of hydrogen-bond donors (Lipinski definition) is 2. The van der Waals surface area contributed by atoms with Gasteiger partial charge in [-0.1, -0.05) is 0 Å². The summed E-state index contributed by atoms with van der Waals surface area (Å²) in [7, 11) is 0. The molecule has 0 bridgehead atoms. The molecule has 14 heavy (non-hydrogen) atoms. The summed E-state index contributed by atoms with van der Waals surface area (Å²) in [6.07, 6.45) is 2.19. The van der Waals surface area contributed by atoms with Crippen LogP contribution < -0.4 is 11.3 Å². The van der Waals surface area contributed by atoms with E-state index in [9.17, 15) is 9.59 Å². The van der Waals surface area contributed by atoms with Crippen LogP contribution in [0.15, 0.2) is 11.0 Å². The average Bonchev–Trinajstić information content (AvgIpc) is 2.55. The summed E-state index contributed by atoms with van der Waals surface area (Å²) in [5.41, 5.74) is 4.90. The van der Waals surface area contributed by atoms with Crippen LogP contribution >= 0.6 is 0 Å². The molecule has 0 fully saturated rings. The number of nitrogens with two attached hydrogens (primary N) is 1. The zero-order valence-corrected chi connectivity index (χ0v) is 7.30. The highest BCUT2D eigenvalue weighted by Crippen LogP contribution is 2.22. The lowest BCUT2D eigenvalue weighted by Crippen LogP contribution is -2.29. The van der Waals surface area contributed by atoms with Crippen molar-refractivity contribution in [2.45, 2.75) is 18.9 Å². The van der Waals surface area contributed by atoms with Crippen molar-refractivity contribution in [3.05, 3.63) is 22.4 Å². The molecule has 0 aromatic carbocycles. The summed E-state index contributed by atoms with van der Waals surface area (Å²) in [4.78, 5) is 26.2. The van der Waals surface area contributed by atoms with Crippen LogP contribution in [0.4, 0.5) is 5.69 Å². The maximum absolute atomic E-state index is 11.5. The number of anilines is 1. The van der Waals surface area contributed by atoms with Crippen LogP contribution in [-0.2, 0) is 11.2 Å². The summed E-state index contributed by atoms with van der Waals surface area (Å²) >= 11 is 0. The van der Waals surface area contributed by atoms with E-state index in [1.165, 1.54) is 6.20 Å². The normalized spacial score (nSPS) is 19.3. The van der Waals surface area contributed by atoms with Crippen LogP contribution in [0.3, 0.4) is 0 Å². The van der Waals surface area contributed by atoms with E-state index in [0.29, 0.717) is 18.7 Å². The second-order valence-electron chi connectivity index (χ2n) is 3.20. The zero-order valence-electron chi connectivity index (χ0n) is 7.30. The van der Waals surface area contributed by atoms with Gasteiger partial charge in [0.25, 0.3) is 5.56 Å². The van der Waals surface area contributed by atoms with E-state index in [2.05, 4.69) is 4.98 Å². The molecular weight excluding hydrogens is 186 g/mol. The Morgan fingerprint density at radius 3 is 3.07 bits per heavy atom. The van der Waals surface area contributed by atoms with Crippen molar-refractivity contribution in [1.29, 1.82) is 0 Å². The highest BCUT2D eigenvalue weighted by atomic mass is 16.4. The monoisotopic (exact) mass is 195 g/mol. The fourth-order valence-electron chi connectivity index (χ4n) is 1.65. The van der Waals surface area contributed by atoms with E-state index < -0.39 is 17.6 Å². The van der Waals surface area contributed by atoms with E-state index in [-0.39, 0.29) is 5.69 Å². The quantitative estimate of drug-likeness (QED) is 0.623. The second-order valence-corrected chi connectivity index (χ2v) is 3.20. The first-order chi connectivity index (χ1) is 6.61. The maximum atomic E-state index is 11.5. The topological polar surface area (TPSA) is 98.2 Å². The van der Waals surface area contributed by atoms with Crippen molar-refractivity contribution >= 4 is 11.7 Å². The molecule has 2 rings (SSSR count). The number of hydrogen-bond acceptors (Lipinski definition) is 4. The van der Waals surface area contributed by atoms with Gasteiger partial charge in [-0.25, -0.2) is 9.78 Å². The molecule has 1 aromatic rings. The van der Waals surface area contributed by atoms with Crippen molar-refractivity contribution in [2.75, 3.05) is 5.73 Å². The lowest BCUT2D eigenvalue weighted by molar-refractivity contribution is -0.140. The van der Waals surface area contributed by atoms with Crippen molar-refractivity contribution in [2.24, 2.45) is 0 Å². The van der Waals surface area contributed by atoms with E-state index in [1.807, 2.05) is 0 Å². The minimum atomic E-state index is -1.02. The lowest BCUT2D eigenvalue weighted by atomic mass is 10.2. The van der Waals surface area contributed by atoms with Crippen LogP contribution in [-0.4, -0.2) is 20.6 Å². The van der Waals surface area contributed by atoms with Gasteiger partial charge in [0.1, 0.15) is 17.6 Å². The van der Waals surface area contributed by atoms with Gasteiger partial charge in [-0.05, 0) is 6.42 Å². The molecule has 0 amide bonds. The summed E-state index contributed by atoms with van der Waals surface area (Å²) in [5.74, 6) is -0.519. The molecule has 1 aliphatic rings. The second kappa shape index (κ2) is 2.83. The van der Waals surface area contributed by atoms with E-state index in [1.54, 1.807) is 0 Å². The highest BCUT2D eigenvalue weighted by Gasteiger charge is 2.30. The Morgan fingerprint density at radius 1 is 1.71 bits per heavy atom. The summed E-state index contributed by atoms with van der Waals surface area (Å²) < 4.78 is 1.16. The predicted molar refractivity (Wildman–Crippen MR) is 47.9 cm³/mol. The summed E-state index contributed by atoms with van der Waals surface area (Å²) in [6, 6.07) is -0.812. The summed E-state index contributed by atoms with van der Waals surface area (Å²) in [6.45, 7) is 0. The Kier molecular flexibility index (Phi) is 1.77. The van der Waals surface area contributed by atoms with Gasteiger partial charge < -0.3 is 10.8 Å². The Balaban J connectivity index is 2.63. The predicted octanol–water partition coefficient (Wildman–Crippen LogP) is -0.603. The molecule has 1 unspecified atom stereocenters. The fraction of sp³-hybridized carbons (Fsp3) is 0.375. The van der Waals surface area contributed by atoms with E-state index in [0.717, 1.165) is 4.57 Å². The van der Waals surface area contributed by atoms with Crippen LogP contribution in [0.1, 0.15) is 18.3 Å². The van der Waals surface area contributed by atoms with Crippen LogP contribution in [0.5, 0.6) is 0 Å². The molecular formula is C8H9N3O3. The Hall–Kier alpha value is -1.85. The average molecular weight is 195 g/mol. The van der Waals surface area contributed by atoms with Gasteiger partial charge in [0.2, 0.25) is 0 Å². The minimum absolute atomic E-state index is 0.0121. The first kappa shape index (κ1) is 8.74. The number of rotatable bonds is 1. The Labute approximate surface area is 79.0 Å². The molecule has 0 aliphatic carbocycles. The molecule has 1 atom stereocenters. The van der Waals surface area contributed by atoms with Crippen molar-refractivity contribution in [3.63, 3.8) is 0 Å². The third-order valence-electron chi connectivity index (χ3n) is 2.33. The summed E-state index contributed by atoms with van der Waals surface area (Å²) in [5, 5.41) is 8.85. The number of carbonyl (C=O) groups is 1. The molecule has 2 heterocycles. The molecule has 6 heteroatoms. The molecule has 0 radical (unpaired) electrons. The molecule has 0 saturated carbocycles. The van der Waals surface area contributed by atoms with Gasteiger partial charge in [0.15, 0.2) is 0 Å². The van der Waals surface area contributed by atoms with Crippen molar-refractivity contribution in [1.82, 2.24) is 9.55 Å². The molecule has 1 aliphatic heterocycles. The third-order valence-corrected chi connectivity index (χ3v) is 2.33. The van der Waals surface area contributed by atoms with Crippen LogP contribution in [0.2, 0.25) is 0 Å². The molecule has 0 spiro atoms. The minimum Gasteiger partial charge on any atom is -0.480 e. The first-order valence-electron chi connectivity index (χ1n) is 4.20. The molecule has 3 N–H and O–H groups in total. The number of aryl methyl sites for hydroxylation is 1. The third kappa shape index (κ3) is 1.07. The van der Waals surface area contributed by atoms with E-state index in [4.69, 9.17) is 10.8 Å². The maximum Gasteiger partial charge on any atom is 0.326 e. The lowest BCUT2D eigenvalue weighted by Gasteiger charge is -2.08. The molecule has 74 valence electrons. The van der Waals surface area contributed by atoms with Gasteiger partial charge in [0.05, 0.1) is 6.20 Å². The van der Waals surface area contributed by atoms with Crippen LogP contribution in [0, 0.1) is 0 Å². The van der Waals surface area contributed by atoms with E-state index >= 15 is 0 Å². The first-order valence-corrected chi connectivity index (χ1v) is 4.20. The number of aromatic nitrogens is 2. The van der Waals surface area contributed by atoms with Gasteiger partial charge in [-0.2, -0.15) is 0 Å². The van der Waals surface area contributed by atoms with Crippen molar-refractivity contribution < 1.29 is 9.90 Å². The number of nitrogen functional groups attached to an aromatic ring is 1. The van der Waals surface area contributed by atoms with Gasteiger partial charge >= 0.3 is 5.97 Å². The molecule has 6 nitrogen and oxygen atoms in total. The zero-order chi connectivity index (χ0) is 10.3. The van der Waals surface area contributed by atoms with Gasteiger partial charge in [-0.15, -0.1) is 0 Å². The fourth-order valence-corrected chi connectivity index (χ4v) is 1.65. The van der Waals surface area contributed by atoms with Crippen molar-refractivity contribution in [3.8, 4) is 0 Å². The standard InChI is InChI=1S/C8H9N3O3/c9-4-3-10-6-2-1-5(8(13)14)11(6)7(4)12/h3,5H,1-2,9H2,(H,13,14). The molecule has 1 aromatic heterocycles.